The summed E-state index contributed by atoms with van der Waals surface area (Å²) in [4.78, 5) is 17.3. The lowest BCUT2D eigenvalue weighted by molar-refractivity contribution is 0.0825. The summed E-state index contributed by atoms with van der Waals surface area (Å²) in [7, 11) is -1.79. The standard InChI is InChI=1S/C23H24N2O4S2/c1-29-21(18-9-4-2-5-10-18)17-25-22(26)20-13-8-14-24-23(20)30-15-16-31(27,28)19-11-6-3-7-12-19/h2-14,21H,15-17H2,1H3,(H,25,26). The summed E-state index contributed by atoms with van der Waals surface area (Å²) in [6.45, 7) is 0.306. The molecule has 1 atom stereocenters. The molecule has 0 saturated carbocycles. The first kappa shape index (κ1) is 23.0. The number of nitrogens with zero attached hydrogens (tertiary/aromatic N) is 1. The van der Waals surface area contributed by atoms with E-state index in [4.69, 9.17) is 4.74 Å². The summed E-state index contributed by atoms with van der Waals surface area (Å²) in [6.07, 6.45) is 1.32. The van der Waals surface area contributed by atoms with Gasteiger partial charge in [-0.15, -0.1) is 11.8 Å². The highest BCUT2D eigenvalue weighted by Gasteiger charge is 2.18. The number of methoxy groups -OCH3 is 1. The summed E-state index contributed by atoms with van der Waals surface area (Å²) in [5.41, 5.74) is 1.38. The normalized spacial score (nSPS) is 12.3. The van der Waals surface area contributed by atoms with Crippen LogP contribution < -0.4 is 5.32 Å². The van der Waals surface area contributed by atoms with Crippen LogP contribution in [0, 0.1) is 0 Å². The molecule has 1 amide bonds. The van der Waals surface area contributed by atoms with Gasteiger partial charge in [-0.3, -0.25) is 4.79 Å². The smallest absolute Gasteiger partial charge is 0.254 e. The number of hydrogen-bond acceptors (Lipinski definition) is 6. The first-order chi connectivity index (χ1) is 15.0. The van der Waals surface area contributed by atoms with Gasteiger partial charge in [0.2, 0.25) is 0 Å². The van der Waals surface area contributed by atoms with Crippen LogP contribution in [0.25, 0.3) is 0 Å². The molecule has 0 fully saturated rings. The van der Waals surface area contributed by atoms with Gasteiger partial charge in [0.15, 0.2) is 9.84 Å². The Morgan fingerprint density at radius 3 is 2.39 bits per heavy atom. The summed E-state index contributed by atoms with van der Waals surface area (Å²) < 4.78 is 30.4. The lowest BCUT2D eigenvalue weighted by Gasteiger charge is -2.17. The fourth-order valence-electron chi connectivity index (χ4n) is 2.96. The van der Waals surface area contributed by atoms with Crippen LogP contribution >= 0.6 is 11.8 Å². The molecule has 0 radical (unpaired) electrons. The van der Waals surface area contributed by atoms with E-state index >= 15 is 0 Å². The highest BCUT2D eigenvalue weighted by molar-refractivity contribution is 8.00. The van der Waals surface area contributed by atoms with E-state index in [1.54, 1.807) is 55.8 Å². The van der Waals surface area contributed by atoms with E-state index in [-0.39, 0.29) is 17.8 Å². The average molecular weight is 457 g/mol. The number of ether oxygens (including phenoxy) is 1. The minimum atomic E-state index is -3.38. The van der Waals surface area contributed by atoms with Crippen molar-refractivity contribution in [1.29, 1.82) is 0 Å². The van der Waals surface area contributed by atoms with E-state index in [1.807, 2.05) is 30.3 Å². The molecule has 1 unspecified atom stereocenters. The lowest BCUT2D eigenvalue weighted by Crippen LogP contribution is -2.29. The topological polar surface area (TPSA) is 85.4 Å². The second kappa shape index (κ2) is 11.1. The van der Waals surface area contributed by atoms with Crippen molar-refractivity contribution in [3.05, 3.63) is 90.1 Å². The van der Waals surface area contributed by atoms with Crippen LogP contribution in [0.5, 0.6) is 0 Å². The molecule has 3 rings (SSSR count). The van der Waals surface area contributed by atoms with Crippen LogP contribution in [0.3, 0.4) is 0 Å². The molecule has 3 aromatic rings. The molecule has 1 aromatic heterocycles. The molecule has 8 heteroatoms. The molecule has 0 spiro atoms. The number of carbonyl (C=O) groups is 1. The van der Waals surface area contributed by atoms with Gasteiger partial charge in [-0.05, 0) is 29.8 Å². The van der Waals surface area contributed by atoms with Crippen LogP contribution in [0.2, 0.25) is 0 Å². The third kappa shape index (κ3) is 6.40. The first-order valence-corrected chi connectivity index (χ1v) is 12.4. The van der Waals surface area contributed by atoms with Crippen LogP contribution in [0.4, 0.5) is 0 Å². The van der Waals surface area contributed by atoms with E-state index in [0.717, 1.165) is 5.56 Å². The largest absolute Gasteiger partial charge is 0.375 e. The van der Waals surface area contributed by atoms with Gasteiger partial charge < -0.3 is 10.1 Å². The number of amides is 1. The molecular weight excluding hydrogens is 432 g/mol. The van der Waals surface area contributed by atoms with Crippen molar-refractivity contribution in [2.24, 2.45) is 0 Å². The van der Waals surface area contributed by atoms with Crippen LogP contribution in [-0.4, -0.2) is 44.5 Å². The molecule has 1 heterocycles. The number of hydrogen-bond donors (Lipinski definition) is 1. The number of benzene rings is 2. The first-order valence-electron chi connectivity index (χ1n) is 9.73. The van der Waals surface area contributed by atoms with E-state index < -0.39 is 9.84 Å². The average Bonchev–Trinajstić information content (AvgIpc) is 2.81. The lowest BCUT2D eigenvalue weighted by atomic mass is 10.1. The highest BCUT2D eigenvalue weighted by atomic mass is 32.2. The number of pyridine rings is 1. The SMILES string of the molecule is COC(CNC(=O)c1cccnc1SCCS(=O)(=O)c1ccccc1)c1ccccc1. The minimum Gasteiger partial charge on any atom is -0.375 e. The van der Waals surface area contributed by atoms with E-state index in [1.165, 1.54) is 11.8 Å². The molecular formula is C23H24N2O4S2. The second-order valence-corrected chi connectivity index (χ2v) is 9.87. The summed E-state index contributed by atoms with van der Waals surface area (Å²) in [5.74, 6) is -0.0299. The molecule has 162 valence electrons. The predicted molar refractivity (Wildman–Crippen MR) is 122 cm³/mol. The molecule has 0 aliphatic heterocycles. The van der Waals surface area contributed by atoms with Crippen molar-refractivity contribution in [2.75, 3.05) is 25.2 Å². The zero-order chi connectivity index (χ0) is 22.1. The maximum Gasteiger partial charge on any atom is 0.254 e. The quantitative estimate of drug-likeness (QED) is 0.468. The van der Waals surface area contributed by atoms with Gasteiger partial charge in [-0.25, -0.2) is 13.4 Å². The Balaban J connectivity index is 1.61. The van der Waals surface area contributed by atoms with Gasteiger partial charge in [0.05, 0.1) is 22.3 Å². The van der Waals surface area contributed by atoms with E-state index in [9.17, 15) is 13.2 Å². The van der Waals surface area contributed by atoms with Gasteiger partial charge in [0.1, 0.15) is 5.03 Å². The molecule has 1 N–H and O–H groups in total. The number of sulfone groups is 1. The predicted octanol–water partition coefficient (Wildman–Crippen LogP) is 3.77. The van der Waals surface area contributed by atoms with E-state index in [2.05, 4.69) is 10.3 Å². The minimum absolute atomic E-state index is 0.0426. The summed E-state index contributed by atoms with van der Waals surface area (Å²) in [5, 5.41) is 3.38. The molecule has 0 bridgehead atoms. The fraction of sp³-hybridized carbons (Fsp3) is 0.217. The number of thioether (sulfide) groups is 1. The maximum absolute atomic E-state index is 12.8. The van der Waals surface area contributed by atoms with Gasteiger partial charge in [-0.1, -0.05) is 48.5 Å². The summed E-state index contributed by atoms with van der Waals surface area (Å²) >= 11 is 1.25. The van der Waals surface area contributed by atoms with E-state index in [0.29, 0.717) is 27.8 Å². The van der Waals surface area contributed by atoms with Gasteiger partial charge in [0, 0.05) is 25.6 Å². The van der Waals surface area contributed by atoms with Crippen molar-refractivity contribution < 1.29 is 17.9 Å². The second-order valence-electron chi connectivity index (χ2n) is 6.68. The molecule has 0 aliphatic carbocycles. The molecule has 2 aromatic carbocycles. The van der Waals surface area contributed by atoms with Crippen molar-refractivity contribution in [2.45, 2.75) is 16.0 Å². The molecule has 31 heavy (non-hydrogen) atoms. The number of nitrogens with one attached hydrogen (secondary N) is 1. The third-order valence-corrected chi connectivity index (χ3v) is 7.61. The summed E-state index contributed by atoms with van der Waals surface area (Å²) in [6, 6.07) is 21.4. The Bertz CT molecular complexity index is 1090. The fourth-order valence-corrected chi connectivity index (χ4v) is 5.62. The zero-order valence-corrected chi connectivity index (χ0v) is 18.7. The number of rotatable bonds is 10. The van der Waals surface area contributed by atoms with Crippen molar-refractivity contribution in [1.82, 2.24) is 10.3 Å². The third-order valence-electron chi connectivity index (χ3n) is 4.61. The zero-order valence-electron chi connectivity index (χ0n) is 17.1. The van der Waals surface area contributed by atoms with Gasteiger partial charge in [-0.2, -0.15) is 0 Å². The Labute approximate surface area is 187 Å². The van der Waals surface area contributed by atoms with Crippen molar-refractivity contribution in [3.8, 4) is 0 Å². The van der Waals surface area contributed by atoms with Crippen LogP contribution in [0.15, 0.2) is 88.9 Å². The van der Waals surface area contributed by atoms with Crippen LogP contribution in [-0.2, 0) is 14.6 Å². The van der Waals surface area contributed by atoms with Gasteiger partial charge >= 0.3 is 0 Å². The molecule has 0 aliphatic rings. The molecule has 6 nitrogen and oxygen atoms in total. The van der Waals surface area contributed by atoms with Crippen molar-refractivity contribution >= 4 is 27.5 Å². The maximum atomic E-state index is 12.8. The molecule has 0 saturated heterocycles. The highest BCUT2D eigenvalue weighted by Crippen LogP contribution is 2.22. The number of carbonyl (C=O) groups excluding carboxylic acids is 1. The van der Waals surface area contributed by atoms with Crippen molar-refractivity contribution in [3.63, 3.8) is 0 Å². The Kier molecular flexibility index (Phi) is 8.22. The van der Waals surface area contributed by atoms with Gasteiger partial charge in [0.25, 0.3) is 5.91 Å². The Morgan fingerprint density at radius 1 is 1.03 bits per heavy atom. The Morgan fingerprint density at radius 2 is 1.71 bits per heavy atom. The number of aromatic nitrogens is 1. The monoisotopic (exact) mass is 456 g/mol. The Hall–Kier alpha value is -2.68. The van der Waals surface area contributed by atoms with Crippen LogP contribution in [0.1, 0.15) is 22.0 Å².